The summed E-state index contributed by atoms with van der Waals surface area (Å²) in [7, 11) is 1.63. The first-order valence-electron chi connectivity index (χ1n) is 6.75. The van der Waals surface area contributed by atoms with Gasteiger partial charge in [-0.15, -0.1) is 0 Å². The second kappa shape index (κ2) is 6.09. The summed E-state index contributed by atoms with van der Waals surface area (Å²) in [6.45, 7) is 1.93. The number of rotatable bonds is 6. The molecule has 2 N–H and O–H groups in total. The quantitative estimate of drug-likeness (QED) is 0.800. The Morgan fingerprint density at radius 1 is 1.55 bits per heavy atom. The van der Waals surface area contributed by atoms with Crippen LogP contribution in [0, 0.1) is 5.92 Å². The summed E-state index contributed by atoms with van der Waals surface area (Å²) in [5, 5.41) is 12.4. The van der Waals surface area contributed by atoms with Crippen molar-refractivity contribution in [1.29, 1.82) is 0 Å². The zero-order chi connectivity index (χ0) is 14.7. The highest BCUT2D eigenvalue weighted by Gasteiger charge is 2.32. The smallest absolute Gasteiger partial charge is 0.255 e. The standard InChI is InChI=1S/C14H20N2O4/c1-9(15-13(18)11-5-6-20-8-11)14(19)16(2)7-12(17)10-3-4-10/h5-6,8-10,12,17H,3-4,7H2,1-2H3,(H,15,18). The van der Waals surface area contributed by atoms with E-state index in [1.165, 1.54) is 23.5 Å². The molecule has 2 amide bonds. The third kappa shape index (κ3) is 3.60. The van der Waals surface area contributed by atoms with E-state index in [9.17, 15) is 14.7 Å². The summed E-state index contributed by atoms with van der Waals surface area (Å²) < 4.78 is 4.82. The van der Waals surface area contributed by atoms with Crippen LogP contribution in [0.3, 0.4) is 0 Å². The van der Waals surface area contributed by atoms with Crippen LogP contribution in [0.5, 0.6) is 0 Å². The van der Waals surface area contributed by atoms with Gasteiger partial charge in [0, 0.05) is 13.6 Å². The molecule has 0 spiro atoms. The van der Waals surface area contributed by atoms with E-state index in [0.717, 1.165) is 12.8 Å². The zero-order valence-corrected chi connectivity index (χ0v) is 11.7. The topological polar surface area (TPSA) is 82.8 Å². The molecule has 0 saturated heterocycles. The van der Waals surface area contributed by atoms with E-state index < -0.39 is 12.1 Å². The highest BCUT2D eigenvalue weighted by atomic mass is 16.3. The zero-order valence-electron chi connectivity index (χ0n) is 11.7. The first-order valence-corrected chi connectivity index (χ1v) is 6.75. The maximum atomic E-state index is 12.1. The molecule has 6 heteroatoms. The maximum absolute atomic E-state index is 12.1. The van der Waals surface area contributed by atoms with Crippen molar-refractivity contribution < 1.29 is 19.1 Å². The molecule has 1 aromatic rings. The molecule has 1 aliphatic rings. The second-order valence-electron chi connectivity index (χ2n) is 5.33. The van der Waals surface area contributed by atoms with Crippen LogP contribution < -0.4 is 5.32 Å². The molecule has 1 fully saturated rings. The number of furan rings is 1. The van der Waals surface area contributed by atoms with Crippen molar-refractivity contribution in [2.24, 2.45) is 5.92 Å². The summed E-state index contributed by atoms with van der Waals surface area (Å²) >= 11 is 0. The van der Waals surface area contributed by atoms with Crippen LogP contribution in [0.25, 0.3) is 0 Å². The summed E-state index contributed by atoms with van der Waals surface area (Å²) in [5.74, 6) is -0.252. The van der Waals surface area contributed by atoms with Gasteiger partial charge in [-0.1, -0.05) is 0 Å². The third-order valence-corrected chi connectivity index (χ3v) is 3.50. The predicted octanol–water partition coefficient (Wildman–Crippen LogP) is 0.627. The Morgan fingerprint density at radius 3 is 2.80 bits per heavy atom. The van der Waals surface area contributed by atoms with Crippen LogP contribution in [0.4, 0.5) is 0 Å². The molecule has 0 aromatic carbocycles. The number of aliphatic hydroxyl groups excluding tert-OH is 1. The summed E-state index contributed by atoms with van der Waals surface area (Å²) in [4.78, 5) is 25.4. The van der Waals surface area contributed by atoms with Crippen molar-refractivity contribution in [3.63, 3.8) is 0 Å². The first kappa shape index (κ1) is 14.6. The molecule has 2 atom stereocenters. The van der Waals surface area contributed by atoms with Gasteiger partial charge in [0.2, 0.25) is 5.91 Å². The van der Waals surface area contributed by atoms with Crippen molar-refractivity contribution in [3.05, 3.63) is 24.2 Å². The molecule has 2 rings (SSSR count). The number of likely N-dealkylation sites (N-methyl/N-ethyl adjacent to an activating group) is 1. The number of nitrogens with one attached hydrogen (secondary N) is 1. The SMILES string of the molecule is CC(NC(=O)c1ccoc1)C(=O)N(C)CC(O)C1CC1. The lowest BCUT2D eigenvalue weighted by molar-refractivity contribution is -0.132. The van der Waals surface area contributed by atoms with E-state index in [2.05, 4.69) is 5.32 Å². The molecule has 1 aromatic heterocycles. The molecule has 110 valence electrons. The number of carbonyl (C=O) groups is 2. The van der Waals surface area contributed by atoms with Crippen molar-refractivity contribution >= 4 is 11.8 Å². The van der Waals surface area contributed by atoms with Crippen LogP contribution in [0.15, 0.2) is 23.0 Å². The second-order valence-corrected chi connectivity index (χ2v) is 5.33. The minimum absolute atomic E-state index is 0.221. The molecule has 0 aliphatic heterocycles. The number of nitrogens with zero attached hydrogens (tertiary/aromatic N) is 1. The predicted molar refractivity (Wildman–Crippen MR) is 72.0 cm³/mol. The summed E-state index contributed by atoms with van der Waals surface area (Å²) in [6.07, 6.45) is 4.30. The summed E-state index contributed by atoms with van der Waals surface area (Å²) in [5.41, 5.74) is 0.380. The lowest BCUT2D eigenvalue weighted by Crippen LogP contribution is -2.47. The van der Waals surface area contributed by atoms with Crippen LogP contribution >= 0.6 is 0 Å². The van der Waals surface area contributed by atoms with Crippen molar-refractivity contribution in [3.8, 4) is 0 Å². The molecule has 20 heavy (non-hydrogen) atoms. The minimum atomic E-state index is -0.645. The number of hydrogen-bond acceptors (Lipinski definition) is 4. The Bertz CT molecular complexity index is 468. The Labute approximate surface area is 117 Å². The molecule has 0 bridgehead atoms. The van der Waals surface area contributed by atoms with Gasteiger partial charge in [-0.25, -0.2) is 0 Å². The molecule has 1 aliphatic carbocycles. The lowest BCUT2D eigenvalue weighted by atomic mass is 10.2. The molecular weight excluding hydrogens is 260 g/mol. The molecule has 0 radical (unpaired) electrons. The van der Waals surface area contributed by atoms with Gasteiger partial charge in [-0.05, 0) is 31.7 Å². The molecule has 6 nitrogen and oxygen atoms in total. The highest BCUT2D eigenvalue weighted by Crippen LogP contribution is 2.32. The largest absolute Gasteiger partial charge is 0.472 e. The average molecular weight is 280 g/mol. The van der Waals surface area contributed by atoms with Gasteiger partial charge < -0.3 is 19.7 Å². The van der Waals surface area contributed by atoms with E-state index in [4.69, 9.17) is 4.42 Å². The van der Waals surface area contributed by atoms with Gasteiger partial charge in [-0.2, -0.15) is 0 Å². The molecule has 2 unspecified atom stereocenters. The lowest BCUT2D eigenvalue weighted by Gasteiger charge is -2.24. The minimum Gasteiger partial charge on any atom is -0.472 e. The van der Waals surface area contributed by atoms with E-state index in [1.807, 2.05) is 0 Å². The summed E-state index contributed by atoms with van der Waals surface area (Å²) in [6, 6.07) is 0.890. The molecule has 1 saturated carbocycles. The van der Waals surface area contributed by atoms with E-state index >= 15 is 0 Å². The number of aliphatic hydroxyl groups is 1. The van der Waals surface area contributed by atoms with Crippen molar-refractivity contribution in [1.82, 2.24) is 10.2 Å². The first-order chi connectivity index (χ1) is 9.49. The van der Waals surface area contributed by atoms with Gasteiger partial charge in [0.15, 0.2) is 0 Å². The van der Waals surface area contributed by atoms with Crippen molar-refractivity contribution in [2.75, 3.05) is 13.6 Å². The van der Waals surface area contributed by atoms with Crippen LogP contribution in [0.1, 0.15) is 30.1 Å². The normalized spacial score (nSPS) is 17.4. The van der Waals surface area contributed by atoms with Gasteiger partial charge in [0.05, 0.1) is 17.9 Å². The van der Waals surface area contributed by atoms with Crippen LogP contribution in [-0.2, 0) is 4.79 Å². The monoisotopic (exact) mass is 280 g/mol. The molecular formula is C14H20N2O4. The number of hydrogen-bond donors (Lipinski definition) is 2. The number of amides is 2. The maximum Gasteiger partial charge on any atom is 0.255 e. The Morgan fingerprint density at radius 2 is 2.25 bits per heavy atom. The van der Waals surface area contributed by atoms with Gasteiger partial charge in [0.1, 0.15) is 12.3 Å². The Hall–Kier alpha value is -1.82. The average Bonchev–Trinajstić information content (AvgIpc) is 3.12. The third-order valence-electron chi connectivity index (χ3n) is 3.50. The fourth-order valence-electron chi connectivity index (χ4n) is 2.07. The molecule has 1 heterocycles. The van der Waals surface area contributed by atoms with Crippen molar-refractivity contribution in [2.45, 2.75) is 31.9 Å². The Kier molecular flexibility index (Phi) is 4.44. The van der Waals surface area contributed by atoms with Gasteiger partial charge >= 0.3 is 0 Å². The van der Waals surface area contributed by atoms with Crippen LogP contribution in [0.2, 0.25) is 0 Å². The Balaban J connectivity index is 1.82. The van der Waals surface area contributed by atoms with E-state index in [0.29, 0.717) is 18.0 Å². The van der Waals surface area contributed by atoms with E-state index in [1.54, 1.807) is 14.0 Å². The van der Waals surface area contributed by atoms with E-state index in [-0.39, 0.29) is 11.8 Å². The fraction of sp³-hybridized carbons (Fsp3) is 0.571. The number of carbonyl (C=O) groups excluding carboxylic acids is 2. The fourth-order valence-corrected chi connectivity index (χ4v) is 2.07. The van der Waals surface area contributed by atoms with Gasteiger partial charge in [0.25, 0.3) is 5.91 Å². The highest BCUT2D eigenvalue weighted by molar-refractivity contribution is 5.97. The van der Waals surface area contributed by atoms with Crippen LogP contribution in [-0.4, -0.2) is 47.6 Å². The van der Waals surface area contributed by atoms with Gasteiger partial charge in [-0.3, -0.25) is 9.59 Å².